The van der Waals surface area contributed by atoms with Crippen molar-refractivity contribution in [2.45, 2.75) is 0 Å². The second-order valence-corrected chi connectivity index (χ2v) is 12.8. The zero-order valence-corrected chi connectivity index (χ0v) is 26.6. The molecule has 0 spiro atoms. The van der Waals surface area contributed by atoms with Crippen LogP contribution in [0.3, 0.4) is 0 Å². The molecule has 5 nitrogen and oxygen atoms in total. The van der Waals surface area contributed by atoms with Crippen LogP contribution in [0, 0.1) is 0 Å². The Balaban J connectivity index is 1.18. The van der Waals surface area contributed by atoms with Crippen LogP contribution in [-0.2, 0) is 0 Å². The summed E-state index contributed by atoms with van der Waals surface area (Å²) >= 11 is 0. The number of aromatic nitrogens is 1. The van der Waals surface area contributed by atoms with Gasteiger partial charge in [0.25, 0.3) is 0 Å². The summed E-state index contributed by atoms with van der Waals surface area (Å²) in [5.74, 6) is 0.615. The van der Waals surface area contributed by atoms with Crippen molar-refractivity contribution in [3.8, 4) is 11.5 Å². The van der Waals surface area contributed by atoms with E-state index in [2.05, 4.69) is 102 Å². The Bertz CT molecular complexity index is 3000. The molecule has 0 radical (unpaired) electrons. The van der Waals surface area contributed by atoms with Gasteiger partial charge in [0.2, 0.25) is 5.89 Å². The molecule has 0 saturated carbocycles. The van der Waals surface area contributed by atoms with Gasteiger partial charge in [-0.25, -0.2) is 4.98 Å². The summed E-state index contributed by atoms with van der Waals surface area (Å²) in [5, 5.41) is 8.68. The van der Waals surface area contributed by atoms with Crippen LogP contribution in [0.2, 0.25) is 0 Å². The molecule has 0 atom stereocenters. The van der Waals surface area contributed by atoms with Gasteiger partial charge in [-0.3, -0.25) is 0 Å². The Hall–Kier alpha value is -6.85. The average molecular weight is 643 g/mol. The summed E-state index contributed by atoms with van der Waals surface area (Å²) in [5.41, 5.74) is 9.10. The standard InChI is InChI=1S/C45H26N2O3/c1-2-8-29(9-3-1)45-46-38-21-17-28-15-14-27-16-18-30(24-35(27)43(28)44(38)50-45)47(31-19-22-41-36(25-31)33-10-4-6-12-39(33)48-41)32-20-23-42-37(26-32)34-11-5-7-13-40(34)49-42/h1-26H. The van der Waals surface area contributed by atoms with Crippen molar-refractivity contribution in [2.75, 3.05) is 4.90 Å². The first-order valence-corrected chi connectivity index (χ1v) is 16.7. The number of hydrogen-bond acceptors (Lipinski definition) is 5. The normalized spacial score (nSPS) is 12.0. The van der Waals surface area contributed by atoms with Gasteiger partial charge in [-0.05, 0) is 95.0 Å². The highest BCUT2D eigenvalue weighted by Gasteiger charge is 2.20. The zero-order chi connectivity index (χ0) is 32.8. The van der Waals surface area contributed by atoms with E-state index >= 15 is 0 Å². The van der Waals surface area contributed by atoms with Crippen molar-refractivity contribution in [1.29, 1.82) is 0 Å². The van der Waals surface area contributed by atoms with E-state index in [9.17, 15) is 0 Å². The third-order valence-electron chi connectivity index (χ3n) is 9.85. The second-order valence-electron chi connectivity index (χ2n) is 12.8. The van der Waals surface area contributed by atoms with Gasteiger partial charge in [-0.15, -0.1) is 0 Å². The molecule has 0 bridgehead atoms. The molecule has 0 N–H and O–H groups in total. The predicted molar refractivity (Wildman–Crippen MR) is 204 cm³/mol. The number of oxazole rings is 1. The third kappa shape index (κ3) is 4.04. The summed E-state index contributed by atoms with van der Waals surface area (Å²) in [6.07, 6.45) is 0. The van der Waals surface area contributed by atoms with E-state index in [1.165, 1.54) is 0 Å². The van der Waals surface area contributed by atoms with Crippen LogP contribution < -0.4 is 4.90 Å². The number of para-hydroxylation sites is 2. The highest BCUT2D eigenvalue weighted by Crippen LogP contribution is 2.43. The Morgan fingerprint density at radius 1 is 0.400 bits per heavy atom. The monoisotopic (exact) mass is 642 g/mol. The number of rotatable bonds is 4. The van der Waals surface area contributed by atoms with E-state index in [4.69, 9.17) is 18.2 Å². The quantitative estimate of drug-likeness (QED) is 0.179. The molecule has 0 aliphatic heterocycles. The fourth-order valence-corrected chi connectivity index (χ4v) is 7.51. The largest absolute Gasteiger partial charge is 0.456 e. The predicted octanol–water partition coefficient (Wildman–Crippen LogP) is 13.1. The van der Waals surface area contributed by atoms with Crippen molar-refractivity contribution >= 4 is 93.6 Å². The lowest BCUT2D eigenvalue weighted by Gasteiger charge is -2.26. The van der Waals surface area contributed by atoms with Crippen molar-refractivity contribution < 1.29 is 13.3 Å². The summed E-state index contributed by atoms with van der Waals surface area (Å²) in [7, 11) is 0. The highest BCUT2D eigenvalue weighted by molar-refractivity contribution is 6.19. The number of anilines is 3. The summed E-state index contributed by atoms with van der Waals surface area (Å²) in [4.78, 5) is 7.21. The van der Waals surface area contributed by atoms with Gasteiger partial charge >= 0.3 is 0 Å². The van der Waals surface area contributed by atoms with Crippen LogP contribution in [0.15, 0.2) is 171 Å². The highest BCUT2D eigenvalue weighted by atomic mass is 16.3. The van der Waals surface area contributed by atoms with Crippen LogP contribution in [0.25, 0.3) is 88.0 Å². The molecule has 0 amide bonds. The van der Waals surface area contributed by atoms with Gasteiger partial charge in [-0.1, -0.05) is 78.9 Å². The topological polar surface area (TPSA) is 55.6 Å². The first kappa shape index (κ1) is 27.1. The molecular formula is C45H26N2O3. The van der Waals surface area contributed by atoms with Crippen molar-refractivity contribution in [3.63, 3.8) is 0 Å². The van der Waals surface area contributed by atoms with E-state index in [0.29, 0.717) is 5.89 Å². The number of hydrogen-bond donors (Lipinski definition) is 0. The molecule has 234 valence electrons. The Morgan fingerprint density at radius 2 is 0.920 bits per heavy atom. The lowest BCUT2D eigenvalue weighted by Crippen LogP contribution is -2.09. The summed E-state index contributed by atoms with van der Waals surface area (Å²) in [6, 6.07) is 54.5. The van der Waals surface area contributed by atoms with E-state index in [1.54, 1.807) is 0 Å². The van der Waals surface area contributed by atoms with Crippen LogP contribution in [0.5, 0.6) is 0 Å². The average Bonchev–Trinajstić information content (AvgIpc) is 3.88. The van der Waals surface area contributed by atoms with Crippen LogP contribution in [-0.4, -0.2) is 4.98 Å². The number of nitrogens with zero attached hydrogens (tertiary/aromatic N) is 2. The number of benzene rings is 8. The molecule has 0 unspecified atom stereocenters. The molecule has 0 fully saturated rings. The molecule has 11 aromatic rings. The smallest absolute Gasteiger partial charge is 0.227 e. The lowest BCUT2D eigenvalue weighted by atomic mass is 10.00. The maximum atomic E-state index is 6.56. The Labute approximate surface area is 285 Å². The zero-order valence-electron chi connectivity index (χ0n) is 26.6. The maximum Gasteiger partial charge on any atom is 0.227 e. The fourth-order valence-electron chi connectivity index (χ4n) is 7.51. The molecule has 5 heteroatoms. The first-order valence-electron chi connectivity index (χ1n) is 16.7. The van der Waals surface area contributed by atoms with Gasteiger partial charge in [-0.2, -0.15) is 0 Å². The molecule has 11 rings (SSSR count). The van der Waals surface area contributed by atoms with Crippen molar-refractivity contribution in [1.82, 2.24) is 4.98 Å². The maximum absolute atomic E-state index is 6.56. The molecule has 0 aliphatic rings. The van der Waals surface area contributed by atoms with Crippen molar-refractivity contribution in [3.05, 3.63) is 158 Å². The van der Waals surface area contributed by atoms with Crippen LogP contribution >= 0.6 is 0 Å². The van der Waals surface area contributed by atoms with Gasteiger partial charge in [0.1, 0.15) is 27.8 Å². The minimum absolute atomic E-state index is 0.615. The first-order chi connectivity index (χ1) is 24.7. The van der Waals surface area contributed by atoms with Crippen molar-refractivity contribution in [2.24, 2.45) is 0 Å². The van der Waals surface area contributed by atoms with E-state index < -0.39 is 0 Å². The lowest BCUT2D eigenvalue weighted by molar-refractivity contribution is 0.623. The molecule has 3 heterocycles. The van der Waals surface area contributed by atoms with E-state index in [0.717, 1.165) is 99.1 Å². The SMILES string of the molecule is c1ccc(-c2nc3ccc4ccc5ccc(N(c6ccc7oc8ccccc8c7c6)c6ccc7oc8ccccc8c7c6)cc5c4c3o2)cc1. The van der Waals surface area contributed by atoms with Gasteiger partial charge in [0.15, 0.2) is 5.58 Å². The number of fused-ring (bicyclic) bond motifs is 11. The third-order valence-corrected chi connectivity index (χ3v) is 9.85. The molecule has 0 aliphatic carbocycles. The Kier molecular flexibility index (Phi) is 5.60. The Morgan fingerprint density at radius 3 is 1.60 bits per heavy atom. The van der Waals surface area contributed by atoms with E-state index in [1.807, 2.05) is 60.7 Å². The number of furan rings is 2. The minimum Gasteiger partial charge on any atom is -0.456 e. The molecule has 0 saturated heterocycles. The molecular weight excluding hydrogens is 617 g/mol. The van der Waals surface area contributed by atoms with Gasteiger partial charge < -0.3 is 18.2 Å². The van der Waals surface area contributed by atoms with Gasteiger partial charge in [0.05, 0.1) is 0 Å². The molecule has 8 aromatic carbocycles. The van der Waals surface area contributed by atoms with Crippen LogP contribution in [0.4, 0.5) is 17.1 Å². The fraction of sp³-hybridized carbons (Fsp3) is 0. The molecule has 50 heavy (non-hydrogen) atoms. The van der Waals surface area contributed by atoms with Crippen LogP contribution in [0.1, 0.15) is 0 Å². The minimum atomic E-state index is 0.615. The molecule has 3 aromatic heterocycles. The van der Waals surface area contributed by atoms with E-state index in [-0.39, 0.29) is 0 Å². The van der Waals surface area contributed by atoms with Gasteiger partial charge in [0, 0.05) is 49.6 Å². The second kappa shape index (κ2) is 10.3. The summed E-state index contributed by atoms with van der Waals surface area (Å²) in [6.45, 7) is 0. The summed E-state index contributed by atoms with van der Waals surface area (Å²) < 4.78 is 19.0.